The van der Waals surface area contributed by atoms with E-state index in [0.717, 1.165) is 51.3 Å². The van der Waals surface area contributed by atoms with Crippen LogP contribution in [0, 0.1) is 5.92 Å². The third kappa shape index (κ3) is 4.37. The molecule has 0 bridgehead atoms. The zero-order valence-electron chi connectivity index (χ0n) is 16.7. The summed E-state index contributed by atoms with van der Waals surface area (Å²) in [6.45, 7) is 4.66. The number of hydrogen-bond donors (Lipinski definition) is 1. The number of aromatic nitrogens is 1. The second kappa shape index (κ2) is 8.74. The maximum Gasteiger partial charge on any atom is 0.222 e. The van der Waals surface area contributed by atoms with Crippen LogP contribution < -0.4 is 5.32 Å². The Kier molecular flexibility index (Phi) is 6.13. The zero-order chi connectivity index (χ0) is 18.6. The monoisotopic (exact) mass is 374 g/mol. The van der Waals surface area contributed by atoms with Gasteiger partial charge in [-0.25, -0.2) is 0 Å². The van der Waals surface area contributed by atoms with E-state index < -0.39 is 0 Å². The second-order valence-corrected chi connectivity index (χ2v) is 8.63. The van der Waals surface area contributed by atoms with E-state index in [1.807, 2.05) is 7.05 Å². The van der Waals surface area contributed by atoms with Crippen LogP contribution in [-0.2, 0) is 11.3 Å². The van der Waals surface area contributed by atoms with E-state index in [9.17, 15) is 4.79 Å². The van der Waals surface area contributed by atoms with E-state index >= 15 is 0 Å². The van der Waals surface area contributed by atoms with Crippen molar-refractivity contribution in [1.82, 2.24) is 20.3 Å². The molecule has 2 saturated heterocycles. The van der Waals surface area contributed by atoms with Crippen LogP contribution in [0.1, 0.15) is 68.7 Å². The van der Waals surface area contributed by atoms with E-state index in [-0.39, 0.29) is 0 Å². The summed E-state index contributed by atoms with van der Waals surface area (Å²) >= 11 is 0. The Hall–Kier alpha value is -1.40. The maximum absolute atomic E-state index is 12.3. The molecule has 1 aromatic heterocycles. The minimum absolute atomic E-state index is 0.340. The first-order chi connectivity index (χ1) is 13.2. The summed E-state index contributed by atoms with van der Waals surface area (Å²) in [4.78, 5) is 17.0. The van der Waals surface area contributed by atoms with Crippen LogP contribution in [0.25, 0.3) is 0 Å². The smallest absolute Gasteiger partial charge is 0.222 e. The summed E-state index contributed by atoms with van der Waals surface area (Å²) in [5, 5.41) is 7.56. The molecule has 0 aromatic carbocycles. The molecule has 6 heteroatoms. The number of carbonyl (C=O) groups excluding carboxylic acids is 1. The van der Waals surface area contributed by atoms with Crippen molar-refractivity contribution < 1.29 is 9.32 Å². The van der Waals surface area contributed by atoms with Crippen LogP contribution in [-0.4, -0.2) is 60.1 Å². The molecule has 0 radical (unpaired) electrons. The SMILES string of the molecule is CNCCN1C(=O)CC[C@H]2CN(Cc3cc(C4CCCCC4)no3)CC[C@H]21. The Morgan fingerprint density at radius 2 is 2.07 bits per heavy atom. The van der Waals surface area contributed by atoms with Gasteiger partial charge in [0.1, 0.15) is 0 Å². The van der Waals surface area contributed by atoms with Gasteiger partial charge < -0.3 is 14.7 Å². The normalized spacial score (nSPS) is 27.7. The van der Waals surface area contributed by atoms with Gasteiger partial charge >= 0.3 is 0 Å². The first-order valence-corrected chi connectivity index (χ1v) is 10.9. The molecule has 150 valence electrons. The van der Waals surface area contributed by atoms with Crippen LogP contribution >= 0.6 is 0 Å². The first-order valence-electron chi connectivity index (χ1n) is 10.9. The van der Waals surface area contributed by atoms with E-state index in [0.29, 0.717) is 30.2 Å². The van der Waals surface area contributed by atoms with E-state index in [4.69, 9.17) is 4.52 Å². The third-order valence-electron chi connectivity index (χ3n) is 6.81. The molecule has 1 N–H and O–H groups in total. The van der Waals surface area contributed by atoms with Crippen molar-refractivity contribution in [3.05, 3.63) is 17.5 Å². The highest BCUT2D eigenvalue weighted by Crippen LogP contribution is 2.34. The lowest BCUT2D eigenvalue weighted by Crippen LogP contribution is -2.56. The quantitative estimate of drug-likeness (QED) is 0.830. The molecule has 1 aromatic rings. The average Bonchev–Trinajstić information content (AvgIpc) is 3.16. The lowest BCUT2D eigenvalue weighted by molar-refractivity contribution is -0.141. The molecule has 6 nitrogen and oxygen atoms in total. The summed E-state index contributed by atoms with van der Waals surface area (Å²) in [7, 11) is 1.95. The predicted octanol–water partition coefficient (Wildman–Crippen LogP) is 2.75. The zero-order valence-corrected chi connectivity index (χ0v) is 16.7. The first kappa shape index (κ1) is 18.9. The van der Waals surface area contributed by atoms with Gasteiger partial charge in [-0.3, -0.25) is 9.69 Å². The second-order valence-electron chi connectivity index (χ2n) is 8.63. The molecule has 2 atom stereocenters. The van der Waals surface area contributed by atoms with Crippen molar-refractivity contribution >= 4 is 5.91 Å². The van der Waals surface area contributed by atoms with Gasteiger partial charge in [0.05, 0.1) is 12.2 Å². The summed E-state index contributed by atoms with van der Waals surface area (Å²) in [5.41, 5.74) is 1.17. The summed E-state index contributed by atoms with van der Waals surface area (Å²) in [5.74, 6) is 2.54. The number of amides is 1. The number of likely N-dealkylation sites (tertiary alicyclic amines) is 2. The molecule has 27 heavy (non-hydrogen) atoms. The Morgan fingerprint density at radius 1 is 1.22 bits per heavy atom. The lowest BCUT2D eigenvalue weighted by atomic mass is 9.83. The molecule has 1 amide bonds. The van der Waals surface area contributed by atoms with Gasteiger partial charge in [-0.2, -0.15) is 0 Å². The average molecular weight is 375 g/mol. The van der Waals surface area contributed by atoms with Crippen LogP contribution in [0.4, 0.5) is 0 Å². The predicted molar refractivity (Wildman–Crippen MR) is 104 cm³/mol. The van der Waals surface area contributed by atoms with Crippen molar-refractivity contribution in [2.75, 3.05) is 33.2 Å². The Morgan fingerprint density at radius 3 is 2.89 bits per heavy atom. The molecular formula is C21H34N4O2. The number of nitrogens with zero attached hydrogens (tertiary/aromatic N) is 3. The maximum atomic E-state index is 12.3. The van der Waals surface area contributed by atoms with E-state index in [1.165, 1.54) is 37.8 Å². The van der Waals surface area contributed by atoms with Crippen molar-refractivity contribution in [3.8, 4) is 0 Å². The molecule has 3 aliphatic rings. The number of nitrogens with one attached hydrogen (secondary N) is 1. The number of carbonyl (C=O) groups is 1. The van der Waals surface area contributed by atoms with Crippen LogP contribution in [0.5, 0.6) is 0 Å². The summed E-state index contributed by atoms with van der Waals surface area (Å²) in [6, 6.07) is 2.62. The Balaban J connectivity index is 1.33. The molecule has 4 rings (SSSR count). The van der Waals surface area contributed by atoms with Crippen LogP contribution in [0.15, 0.2) is 10.6 Å². The fourth-order valence-corrected chi connectivity index (χ4v) is 5.31. The fourth-order valence-electron chi connectivity index (χ4n) is 5.31. The third-order valence-corrected chi connectivity index (χ3v) is 6.81. The Labute approximate surface area is 162 Å². The van der Waals surface area contributed by atoms with Crippen molar-refractivity contribution in [1.29, 1.82) is 0 Å². The molecule has 1 saturated carbocycles. The van der Waals surface area contributed by atoms with Gasteiger partial charge in [0.15, 0.2) is 5.76 Å². The van der Waals surface area contributed by atoms with Gasteiger partial charge in [-0.05, 0) is 38.6 Å². The Bertz CT molecular complexity index is 625. The number of rotatable bonds is 6. The van der Waals surface area contributed by atoms with Gasteiger partial charge in [-0.1, -0.05) is 24.4 Å². The number of fused-ring (bicyclic) bond motifs is 1. The van der Waals surface area contributed by atoms with E-state index in [2.05, 4.69) is 26.3 Å². The van der Waals surface area contributed by atoms with Gasteiger partial charge in [-0.15, -0.1) is 0 Å². The lowest BCUT2D eigenvalue weighted by Gasteiger charge is -2.47. The largest absolute Gasteiger partial charge is 0.360 e. The number of piperidine rings is 2. The number of hydrogen-bond acceptors (Lipinski definition) is 5. The van der Waals surface area contributed by atoms with Gasteiger partial charge in [0.2, 0.25) is 5.91 Å². The molecule has 2 aliphatic heterocycles. The molecule has 0 unspecified atom stereocenters. The molecular weight excluding hydrogens is 340 g/mol. The summed E-state index contributed by atoms with van der Waals surface area (Å²) in [6.07, 6.45) is 9.34. The fraction of sp³-hybridized carbons (Fsp3) is 0.810. The minimum atomic E-state index is 0.340. The van der Waals surface area contributed by atoms with Crippen molar-refractivity contribution in [2.24, 2.45) is 5.92 Å². The number of likely N-dealkylation sites (N-methyl/N-ethyl adjacent to an activating group) is 1. The van der Waals surface area contributed by atoms with Crippen molar-refractivity contribution in [2.45, 2.75) is 69.9 Å². The molecule has 0 spiro atoms. The highest BCUT2D eigenvalue weighted by atomic mass is 16.5. The van der Waals surface area contributed by atoms with Crippen LogP contribution in [0.3, 0.4) is 0 Å². The van der Waals surface area contributed by atoms with Crippen molar-refractivity contribution in [3.63, 3.8) is 0 Å². The molecule has 3 fully saturated rings. The highest BCUT2D eigenvalue weighted by Gasteiger charge is 2.39. The van der Waals surface area contributed by atoms with Crippen LogP contribution in [0.2, 0.25) is 0 Å². The topological polar surface area (TPSA) is 61.6 Å². The van der Waals surface area contributed by atoms with Gasteiger partial charge in [0.25, 0.3) is 0 Å². The molecule has 1 aliphatic carbocycles. The minimum Gasteiger partial charge on any atom is -0.360 e. The van der Waals surface area contributed by atoms with E-state index in [1.54, 1.807) is 0 Å². The molecule has 3 heterocycles. The van der Waals surface area contributed by atoms with Gasteiger partial charge in [0, 0.05) is 50.6 Å². The summed E-state index contributed by atoms with van der Waals surface area (Å²) < 4.78 is 5.68. The highest BCUT2D eigenvalue weighted by molar-refractivity contribution is 5.77. The standard InChI is InChI=1S/C21H34N4O2/c1-22-10-12-25-20-9-11-24(14-17(20)7-8-21(25)26)15-18-13-19(23-27-18)16-5-3-2-4-6-16/h13,16-17,20,22H,2-12,14-15H2,1H3/t17-,20+/m0/s1.